The lowest BCUT2D eigenvalue weighted by atomic mass is 9.82. The Morgan fingerprint density at radius 1 is 1.26 bits per heavy atom. The Hall–Kier alpha value is -1.77. The summed E-state index contributed by atoms with van der Waals surface area (Å²) in [6, 6.07) is 0. The zero-order chi connectivity index (χ0) is 20.0. The summed E-state index contributed by atoms with van der Waals surface area (Å²) in [7, 11) is 1.89. The van der Waals surface area contributed by atoms with Crippen molar-refractivity contribution >= 4 is 17.7 Å². The van der Waals surface area contributed by atoms with Crippen molar-refractivity contribution in [1.82, 2.24) is 4.90 Å². The zero-order valence-corrected chi connectivity index (χ0v) is 16.2. The summed E-state index contributed by atoms with van der Waals surface area (Å²) in [6.45, 7) is 5.64. The van der Waals surface area contributed by atoms with E-state index in [2.05, 4.69) is 0 Å². The molecule has 2 fully saturated rings. The van der Waals surface area contributed by atoms with Gasteiger partial charge >= 0.3 is 11.9 Å². The Kier molecular flexibility index (Phi) is 5.18. The van der Waals surface area contributed by atoms with Gasteiger partial charge in [-0.3, -0.25) is 4.79 Å². The Balaban J connectivity index is 1.93. The molecule has 3 aliphatic rings. The van der Waals surface area contributed by atoms with Crippen molar-refractivity contribution in [3.05, 3.63) is 11.6 Å². The van der Waals surface area contributed by atoms with Gasteiger partial charge in [-0.05, 0) is 33.2 Å². The quantitative estimate of drug-likeness (QED) is 0.469. The minimum absolute atomic E-state index is 0.259. The van der Waals surface area contributed by atoms with E-state index in [9.17, 15) is 19.5 Å². The number of cyclic esters (lactones) is 1. The normalized spacial score (nSPS) is 41.4. The molecule has 0 saturated carbocycles. The van der Waals surface area contributed by atoms with Crippen LogP contribution >= 0.6 is 0 Å². The minimum Gasteiger partial charge on any atom is -0.459 e. The number of carbonyl (C=O) groups is 3. The fourth-order valence-electron chi connectivity index (χ4n) is 3.56. The van der Waals surface area contributed by atoms with Gasteiger partial charge in [0.15, 0.2) is 17.8 Å². The first kappa shape index (κ1) is 20.0. The number of hydrogen-bond acceptors (Lipinski definition) is 8. The summed E-state index contributed by atoms with van der Waals surface area (Å²) in [5.41, 5.74) is -2.34. The molecule has 5 unspecified atom stereocenters. The van der Waals surface area contributed by atoms with Crippen molar-refractivity contribution in [2.75, 3.05) is 26.7 Å². The van der Waals surface area contributed by atoms with Gasteiger partial charge in [0.25, 0.3) is 0 Å². The van der Waals surface area contributed by atoms with Crippen molar-refractivity contribution < 1.29 is 33.7 Å². The van der Waals surface area contributed by atoms with Crippen molar-refractivity contribution in [3.63, 3.8) is 0 Å². The van der Waals surface area contributed by atoms with Gasteiger partial charge in [0.05, 0.1) is 0 Å². The number of rotatable bonds is 0. The second-order valence-electron chi connectivity index (χ2n) is 8.21. The fourth-order valence-corrected chi connectivity index (χ4v) is 3.56. The van der Waals surface area contributed by atoms with Gasteiger partial charge in [0, 0.05) is 25.1 Å². The summed E-state index contributed by atoms with van der Waals surface area (Å²) in [5, 5.41) is 10.7. The lowest BCUT2D eigenvalue weighted by Crippen LogP contribution is -2.45. The molecule has 0 aliphatic carbocycles. The van der Waals surface area contributed by atoms with Gasteiger partial charge < -0.3 is 24.2 Å². The highest BCUT2D eigenvalue weighted by Crippen LogP contribution is 2.44. The first-order chi connectivity index (χ1) is 12.5. The van der Waals surface area contributed by atoms with Crippen LogP contribution in [0, 0.1) is 5.92 Å². The lowest BCUT2D eigenvalue weighted by molar-refractivity contribution is -0.168. The number of aliphatic hydroxyl groups is 1. The van der Waals surface area contributed by atoms with Gasteiger partial charge in [-0.2, -0.15) is 0 Å². The molecule has 150 valence electrons. The lowest BCUT2D eigenvalue weighted by Gasteiger charge is -2.29. The Labute approximate surface area is 158 Å². The van der Waals surface area contributed by atoms with Crippen LogP contribution in [-0.2, 0) is 28.6 Å². The molecule has 8 nitrogen and oxygen atoms in total. The maximum atomic E-state index is 12.8. The molecule has 8 heteroatoms. The molecule has 0 aromatic carbocycles. The fraction of sp³-hybridized carbons (Fsp3) is 0.737. The van der Waals surface area contributed by atoms with Crippen LogP contribution in [0.2, 0.25) is 0 Å². The maximum Gasteiger partial charge on any atom is 0.339 e. The van der Waals surface area contributed by atoms with Crippen LogP contribution in [0.5, 0.6) is 0 Å². The molecule has 27 heavy (non-hydrogen) atoms. The minimum atomic E-state index is -1.76. The molecule has 5 atom stereocenters. The van der Waals surface area contributed by atoms with Crippen molar-refractivity contribution in [1.29, 1.82) is 0 Å². The van der Waals surface area contributed by atoms with Crippen molar-refractivity contribution in [2.24, 2.45) is 5.92 Å². The third kappa shape index (κ3) is 3.93. The van der Waals surface area contributed by atoms with Crippen LogP contribution in [0.25, 0.3) is 0 Å². The molecular weight excluding hydrogens is 354 g/mol. The predicted octanol–water partition coefficient (Wildman–Crippen LogP) is 0.221. The summed E-state index contributed by atoms with van der Waals surface area (Å²) in [5.74, 6) is -2.28. The number of fused-ring (bicyclic) bond motifs is 3. The summed E-state index contributed by atoms with van der Waals surface area (Å²) >= 11 is 0. The highest BCUT2D eigenvalue weighted by atomic mass is 16.7. The molecular formula is C19H27NO7. The maximum absolute atomic E-state index is 12.8. The van der Waals surface area contributed by atoms with Gasteiger partial charge in [0.1, 0.15) is 12.2 Å². The average molecular weight is 381 g/mol. The number of likely N-dealkylation sites (N-methyl/N-ethyl adjacent to an activating group) is 1. The first-order valence-corrected chi connectivity index (χ1v) is 9.24. The third-order valence-corrected chi connectivity index (χ3v) is 5.83. The van der Waals surface area contributed by atoms with Crippen LogP contribution in [0.1, 0.15) is 33.6 Å². The van der Waals surface area contributed by atoms with Gasteiger partial charge in [-0.15, -0.1) is 0 Å². The predicted molar refractivity (Wildman–Crippen MR) is 93.7 cm³/mol. The number of Topliss-reactive ketones (excluding diaryl/α,β-unsaturated/α-hetero) is 1. The average Bonchev–Trinajstić information content (AvgIpc) is 3.26. The van der Waals surface area contributed by atoms with E-state index in [1.54, 1.807) is 19.9 Å². The summed E-state index contributed by atoms with van der Waals surface area (Å²) < 4.78 is 16.3. The molecule has 1 N–H and O–H groups in total. The van der Waals surface area contributed by atoms with E-state index in [-0.39, 0.29) is 24.4 Å². The van der Waals surface area contributed by atoms with E-state index in [1.807, 2.05) is 11.9 Å². The highest BCUT2D eigenvalue weighted by Gasteiger charge is 2.60. The standard InChI is InChI=1S/C19H27NO7/c1-11-9-18(2)15(27-18)16(22)26-13-6-8-20(4)7-5-12(14(13)21)10-25-17(23)19(11,3)24/h5,11,13,15,24H,6-10H2,1-4H3. The van der Waals surface area contributed by atoms with Crippen LogP contribution in [0.4, 0.5) is 0 Å². The van der Waals surface area contributed by atoms with E-state index in [0.29, 0.717) is 19.5 Å². The molecule has 3 aliphatic heterocycles. The molecule has 0 amide bonds. The molecule has 3 rings (SSSR count). The highest BCUT2D eigenvalue weighted by molar-refractivity contribution is 6.00. The molecule has 0 aromatic rings. The topological polar surface area (TPSA) is 106 Å². The molecule has 3 heterocycles. The summed E-state index contributed by atoms with van der Waals surface area (Å²) in [6.07, 6.45) is 0.543. The number of hydrogen-bond donors (Lipinski definition) is 1. The first-order valence-electron chi connectivity index (χ1n) is 9.24. The molecule has 2 saturated heterocycles. The van der Waals surface area contributed by atoms with Crippen LogP contribution in [-0.4, -0.2) is 77.9 Å². The Morgan fingerprint density at radius 3 is 2.67 bits per heavy atom. The SMILES string of the molecule is CC1CC2(C)OC2C(=O)OC2CCN(C)CC=C(COC(=O)C1(C)O)C2=O. The zero-order valence-electron chi connectivity index (χ0n) is 16.2. The van der Waals surface area contributed by atoms with E-state index in [0.717, 1.165) is 0 Å². The van der Waals surface area contributed by atoms with Crippen LogP contribution in [0.3, 0.4) is 0 Å². The Morgan fingerprint density at radius 2 is 1.96 bits per heavy atom. The van der Waals surface area contributed by atoms with E-state index in [1.165, 1.54) is 6.92 Å². The largest absolute Gasteiger partial charge is 0.459 e. The monoisotopic (exact) mass is 381 g/mol. The third-order valence-electron chi connectivity index (χ3n) is 5.83. The van der Waals surface area contributed by atoms with E-state index < -0.39 is 41.3 Å². The second kappa shape index (κ2) is 7.00. The van der Waals surface area contributed by atoms with Crippen molar-refractivity contribution in [3.8, 4) is 0 Å². The number of epoxide rings is 1. The number of carbonyl (C=O) groups excluding carboxylic acids is 3. The molecule has 0 aromatic heterocycles. The number of ketones is 1. The van der Waals surface area contributed by atoms with E-state index >= 15 is 0 Å². The number of ether oxygens (including phenoxy) is 3. The Bertz CT molecular complexity index is 686. The van der Waals surface area contributed by atoms with Gasteiger partial charge in [-0.25, -0.2) is 9.59 Å². The second-order valence-corrected chi connectivity index (χ2v) is 8.21. The molecule has 0 spiro atoms. The van der Waals surface area contributed by atoms with E-state index in [4.69, 9.17) is 14.2 Å². The van der Waals surface area contributed by atoms with Crippen molar-refractivity contribution in [2.45, 2.75) is 57.0 Å². The van der Waals surface area contributed by atoms with Crippen LogP contribution in [0.15, 0.2) is 11.6 Å². The van der Waals surface area contributed by atoms with Gasteiger partial charge in [-0.1, -0.05) is 13.0 Å². The molecule has 0 radical (unpaired) electrons. The van der Waals surface area contributed by atoms with Gasteiger partial charge in [0.2, 0.25) is 5.78 Å². The van der Waals surface area contributed by atoms with Crippen LogP contribution < -0.4 is 0 Å². The summed E-state index contributed by atoms with van der Waals surface area (Å²) in [4.78, 5) is 39.8. The molecule has 2 bridgehead atoms. The smallest absolute Gasteiger partial charge is 0.339 e. The number of esters is 2. The number of nitrogens with zero attached hydrogens (tertiary/aromatic N) is 1.